The molecule has 0 aromatic heterocycles. The van der Waals surface area contributed by atoms with Gasteiger partial charge in [-0.1, -0.05) is 51.3 Å². The summed E-state index contributed by atoms with van der Waals surface area (Å²) in [5.41, 5.74) is 6.46. The van der Waals surface area contributed by atoms with Gasteiger partial charge in [0.2, 0.25) is 6.17 Å². The molecule has 22 heavy (non-hydrogen) atoms. The highest BCUT2D eigenvalue weighted by molar-refractivity contribution is 5.82. The maximum absolute atomic E-state index is 14.1. The highest BCUT2D eigenvalue weighted by atomic mass is 19.1. The van der Waals surface area contributed by atoms with Crippen molar-refractivity contribution in [2.75, 3.05) is 11.9 Å². The smallest absolute Gasteiger partial charge is 0.259 e. The Morgan fingerprint density at radius 3 is 2.45 bits per heavy atom. The number of amides is 1. The molecule has 1 rings (SSSR count). The van der Waals surface area contributed by atoms with Crippen LogP contribution in [0.5, 0.6) is 0 Å². The minimum Gasteiger partial charge on any atom is -0.386 e. The lowest BCUT2D eigenvalue weighted by atomic mass is 10.1. The fourth-order valence-electron chi connectivity index (χ4n) is 2.10. The number of carbonyl (C=O) groups is 1. The molecule has 0 heterocycles. The molecule has 1 amide bonds. The van der Waals surface area contributed by atoms with Crippen molar-refractivity contribution in [2.45, 2.75) is 45.2 Å². The summed E-state index contributed by atoms with van der Waals surface area (Å²) < 4.78 is 14.1. The van der Waals surface area contributed by atoms with Gasteiger partial charge in [0.1, 0.15) is 0 Å². The molecule has 0 aliphatic rings. The molecular formula is C17H26FN3O. The lowest BCUT2D eigenvalue weighted by molar-refractivity contribution is -0.126. The van der Waals surface area contributed by atoms with Gasteiger partial charge < -0.3 is 16.4 Å². The van der Waals surface area contributed by atoms with Gasteiger partial charge in [-0.15, -0.1) is 0 Å². The highest BCUT2D eigenvalue weighted by Crippen LogP contribution is 2.20. The number of hydrogen-bond acceptors (Lipinski definition) is 3. The van der Waals surface area contributed by atoms with Crippen molar-refractivity contribution in [3.8, 4) is 0 Å². The maximum atomic E-state index is 14.1. The highest BCUT2D eigenvalue weighted by Gasteiger charge is 2.18. The maximum Gasteiger partial charge on any atom is 0.259 e. The van der Waals surface area contributed by atoms with E-state index in [1.165, 1.54) is 12.8 Å². The fraction of sp³-hybridized carbons (Fsp3) is 0.471. The third kappa shape index (κ3) is 6.61. The first-order chi connectivity index (χ1) is 10.5. The van der Waals surface area contributed by atoms with E-state index in [0.29, 0.717) is 23.6 Å². The molecule has 122 valence electrons. The van der Waals surface area contributed by atoms with Gasteiger partial charge in [0.15, 0.2) is 0 Å². The van der Waals surface area contributed by atoms with E-state index in [-0.39, 0.29) is 0 Å². The quantitative estimate of drug-likeness (QED) is 0.578. The molecular weight excluding hydrogens is 281 g/mol. The average molecular weight is 307 g/mol. The van der Waals surface area contributed by atoms with Crippen LogP contribution in [0.1, 0.15) is 50.8 Å². The van der Waals surface area contributed by atoms with Crippen molar-refractivity contribution in [1.82, 2.24) is 5.32 Å². The second-order valence-electron chi connectivity index (χ2n) is 5.34. The van der Waals surface area contributed by atoms with Crippen LogP contribution in [0.2, 0.25) is 0 Å². The van der Waals surface area contributed by atoms with Crippen LogP contribution in [0.25, 0.3) is 0 Å². The third-order valence-electron chi connectivity index (χ3n) is 3.32. The lowest BCUT2D eigenvalue weighted by Crippen LogP contribution is -2.28. The molecule has 1 atom stereocenters. The molecule has 0 saturated carbocycles. The molecule has 0 radical (unpaired) electrons. The summed E-state index contributed by atoms with van der Waals surface area (Å²) in [5.74, 6) is -0.273. The molecule has 0 saturated heterocycles. The Labute approximate surface area is 132 Å². The Morgan fingerprint density at radius 2 is 1.86 bits per heavy atom. The summed E-state index contributed by atoms with van der Waals surface area (Å²) in [5, 5.41) is 5.46. The van der Waals surface area contributed by atoms with Gasteiger partial charge in [0, 0.05) is 12.2 Å². The number of nitrogens with two attached hydrogens (primary N) is 1. The van der Waals surface area contributed by atoms with Crippen LogP contribution >= 0.6 is 0 Å². The summed E-state index contributed by atoms with van der Waals surface area (Å²) in [6, 6.07) is 6.46. The average Bonchev–Trinajstić information content (AvgIpc) is 2.50. The molecule has 5 heteroatoms. The van der Waals surface area contributed by atoms with Gasteiger partial charge in [-0.05, 0) is 24.1 Å². The summed E-state index contributed by atoms with van der Waals surface area (Å²) in [4.78, 5) is 11.8. The number of alkyl halides is 1. The minimum absolute atomic E-state index is 0.311. The number of unbranched alkanes of at least 4 members (excludes halogenated alkanes) is 4. The monoisotopic (exact) mass is 307 g/mol. The van der Waals surface area contributed by atoms with Gasteiger partial charge in [-0.3, -0.25) is 4.79 Å². The Kier molecular flexibility index (Phi) is 8.04. The number of hydrogen-bond donors (Lipinski definition) is 3. The van der Waals surface area contributed by atoms with E-state index in [1.54, 1.807) is 24.3 Å². The van der Waals surface area contributed by atoms with E-state index in [0.717, 1.165) is 19.3 Å². The molecule has 1 aromatic rings. The van der Waals surface area contributed by atoms with E-state index in [1.807, 2.05) is 0 Å². The van der Waals surface area contributed by atoms with Gasteiger partial charge in [0.05, 0.1) is 5.82 Å². The zero-order chi connectivity index (χ0) is 16.4. The Bertz CT molecular complexity index is 473. The molecule has 0 aliphatic heterocycles. The van der Waals surface area contributed by atoms with Crippen LogP contribution < -0.4 is 16.4 Å². The summed E-state index contributed by atoms with van der Waals surface area (Å²) >= 11 is 0. The summed E-state index contributed by atoms with van der Waals surface area (Å²) in [7, 11) is 0. The van der Waals surface area contributed by atoms with Crippen molar-refractivity contribution in [2.24, 2.45) is 5.73 Å². The Hall–Kier alpha value is -2.04. The molecule has 0 bridgehead atoms. The van der Waals surface area contributed by atoms with Crippen LogP contribution in [0, 0.1) is 0 Å². The predicted molar refractivity (Wildman–Crippen MR) is 89.0 cm³/mol. The van der Waals surface area contributed by atoms with Crippen molar-refractivity contribution in [3.63, 3.8) is 0 Å². The van der Waals surface area contributed by atoms with E-state index >= 15 is 0 Å². The molecule has 1 unspecified atom stereocenters. The predicted octanol–water partition coefficient (Wildman–Crippen LogP) is 3.63. The summed E-state index contributed by atoms with van der Waals surface area (Å²) in [6.45, 7) is 6.20. The number of halogens is 1. The Balaban J connectivity index is 2.37. The van der Waals surface area contributed by atoms with Crippen LogP contribution in [0.3, 0.4) is 0 Å². The fourth-order valence-corrected chi connectivity index (χ4v) is 2.10. The first-order valence-corrected chi connectivity index (χ1v) is 7.77. The molecule has 4 N–H and O–H groups in total. The van der Waals surface area contributed by atoms with Crippen LogP contribution in [-0.4, -0.2) is 12.5 Å². The van der Waals surface area contributed by atoms with Crippen molar-refractivity contribution >= 4 is 11.6 Å². The summed E-state index contributed by atoms with van der Waals surface area (Å²) in [6.07, 6.45) is 3.85. The van der Waals surface area contributed by atoms with Crippen LogP contribution in [0.15, 0.2) is 36.7 Å². The lowest BCUT2D eigenvalue weighted by Gasteiger charge is -2.11. The second kappa shape index (κ2) is 9.82. The van der Waals surface area contributed by atoms with Gasteiger partial charge >= 0.3 is 0 Å². The molecule has 1 aromatic carbocycles. The topological polar surface area (TPSA) is 67.1 Å². The number of carbonyl (C=O) groups excluding carboxylic acids is 1. The van der Waals surface area contributed by atoms with Crippen molar-refractivity contribution < 1.29 is 9.18 Å². The molecule has 0 spiro atoms. The zero-order valence-corrected chi connectivity index (χ0v) is 13.2. The van der Waals surface area contributed by atoms with Gasteiger partial charge in [-0.2, -0.15) is 0 Å². The third-order valence-corrected chi connectivity index (χ3v) is 3.32. The van der Waals surface area contributed by atoms with Crippen LogP contribution in [-0.2, 0) is 4.79 Å². The SMILES string of the molecule is C=C(N)Nc1ccc(C(F)C(=O)NCCCCCCC)cc1. The van der Waals surface area contributed by atoms with Crippen molar-refractivity contribution in [1.29, 1.82) is 0 Å². The number of anilines is 1. The zero-order valence-electron chi connectivity index (χ0n) is 13.2. The Morgan fingerprint density at radius 1 is 1.23 bits per heavy atom. The molecule has 4 nitrogen and oxygen atoms in total. The van der Waals surface area contributed by atoms with E-state index in [9.17, 15) is 9.18 Å². The van der Waals surface area contributed by atoms with Gasteiger partial charge in [0.25, 0.3) is 5.91 Å². The first kappa shape index (κ1) is 18.0. The number of benzene rings is 1. The molecule has 0 aliphatic carbocycles. The second-order valence-corrected chi connectivity index (χ2v) is 5.34. The normalized spacial score (nSPS) is 11.7. The number of nitrogens with one attached hydrogen (secondary N) is 2. The van der Waals surface area contributed by atoms with E-state index < -0.39 is 12.1 Å². The standard InChI is InChI=1S/C17H26FN3O/c1-3-4-5-6-7-12-20-17(22)16(18)14-8-10-15(11-9-14)21-13(2)19/h8-11,16,21H,2-7,12,19H2,1H3,(H,20,22). The van der Waals surface area contributed by atoms with Gasteiger partial charge in [-0.25, -0.2) is 4.39 Å². The number of rotatable bonds is 10. The van der Waals surface area contributed by atoms with E-state index in [2.05, 4.69) is 24.1 Å². The minimum atomic E-state index is -1.65. The molecule has 0 fully saturated rings. The van der Waals surface area contributed by atoms with Crippen molar-refractivity contribution in [3.05, 3.63) is 42.2 Å². The first-order valence-electron chi connectivity index (χ1n) is 7.77. The van der Waals surface area contributed by atoms with Crippen LogP contribution in [0.4, 0.5) is 10.1 Å². The largest absolute Gasteiger partial charge is 0.386 e. The van der Waals surface area contributed by atoms with E-state index in [4.69, 9.17) is 5.73 Å².